The van der Waals surface area contributed by atoms with Gasteiger partial charge >= 0.3 is 6.11 Å². The van der Waals surface area contributed by atoms with Crippen LogP contribution in [0.4, 0.5) is 28.2 Å². The molecule has 186 valence electrons. The Hall–Kier alpha value is -0.220. The number of hydrogen-bond acceptors (Lipinski definition) is 1. The van der Waals surface area contributed by atoms with E-state index >= 15 is 0 Å². The van der Waals surface area contributed by atoms with E-state index in [0.29, 0.717) is 24.7 Å². The molecule has 0 spiro atoms. The van der Waals surface area contributed by atoms with Crippen LogP contribution in [0, 0.1) is 23.7 Å². The highest BCUT2D eigenvalue weighted by Gasteiger charge is 2.69. The fraction of sp³-hybridized carbons (Fsp3) is 1.00. The lowest BCUT2D eigenvalue weighted by Gasteiger charge is -2.49. The van der Waals surface area contributed by atoms with Crippen LogP contribution in [-0.4, -0.2) is 22.9 Å². The average Bonchev–Trinajstić information content (AvgIpc) is 2.61. The van der Waals surface area contributed by atoms with Crippen LogP contribution >= 0.6 is 10.2 Å². The van der Waals surface area contributed by atoms with Crippen LogP contribution < -0.4 is 0 Å². The number of ether oxygens (including phenoxy) is 1. The highest BCUT2D eigenvalue weighted by atomic mass is 32.5. The van der Waals surface area contributed by atoms with E-state index in [2.05, 4.69) is 6.92 Å². The smallest absolute Gasteiger partial charge is 0.358 e. The number of hydrogen-bond donors (Lipinski definition) is 0. The lowest BCUT2D eigenvalue weighted by atomic mass is 9.69. The van der Waals surface area contributed by atoms with Crippen molar-refractivity contribution in [1.29, 1.82) is 0 Å². The van der Waals surface area contributed by atoms with Crippen LogP contribution in [0.3, 0.4) is 0 Å². The molecule has 3 rings (SSSR count). The van der Waals surface area contributed by atoms with Crippen LogP contribution in [0.1, 0.15) is 86.8 Å². The number of alkyl halides is 2. The van der Waals surface area contributed by atoms with Crippen LogP contribution in [0.25, 0.3) is 0 Å². The molecule has 0 aromatic rings. The first-order chi connectivity index (χ1) is 13.1. The van der Waals surface area contributed by atoms with Crippen molar-refractivity contribution >= 4 is 10.2 Å². The fourth-order valence-electron chi connectivity index (χ4n) is 5.60. The van der Waals surface area contributed by atoms with E-state index in [1.165, 1.54) is 25.7 Å². The summed E-state index contributed by atoms with van der Waals surface area (Å²) in [5, 5.41) is -2.68. The molecule has 0 aromatic heterocycles. The second kappa shape index (κ2) is 8.28. The Labute approximate surface area is 177 Å². The van der Waals surface area contributed by atoms with E-state index in [4.69, 9.17) is 4.74 Å². The third kappa shape index (κ3) is 6.64. The van der Waals surface area contributed by atoms with Gasteiger partial charge in [0.15, 0.2) is 0 Å². The van der Waals surface area contributed by atoms with E-state index in [-0.39, 0.29) is 8.33 Å². The molecule has 2 nitrogen and oxygen atoms in total. The van der Waals surface area contributed by atoms with Gasteiger partial charge < -0.3 is 10.2 Å². The Morgan fingerprint density at radius 1 is 0.700 bits per heavy atom. The maximum absolute atomic E-state index is 14.6. The van der Waals surface area contributed by atoms with Crippen molar-refractivity contribution in [1.82, 2.24) is 0 Å². The summed E-state index contributed by atoms with van der Waals surface area (Å²) >= 11 is 0. The molecule has 2 N–H and O–H groups in total. The van der Waals surface area contributed by atoms with E-state index in [1.54, 1.807) is 0 Å². The molecule has 0 saturated heterocycles. The van der Waals surface area contributed by atoms with Gasteiger partial charge in [0, 0.05) is 2.85 Å². The molecule has 3 aliphatic rings. The molecular formula is C20H39F7O2S. The first kappa shape index (κ1) is 26.0. The fourth-order valence-corrected chi connectivity index (χ4v) is 6.76. The Balaban J connectivity index is 0.00000320. The largest absolute Gasteiger partial charge is 0.412 e. The molecule has 0 bridgehead atoms. The average molecular weight is 477 g/mol. The van der Waals surface area contributed by atoms with Gasteiger partial charge in [-0.1, -0.05) is 39.2 Å². The summed E-state index contributed by atoms with van der Waals surface area (Å²) in [6, 6.07) is 0. The molecule has 0 aromatic carbocycles. The molecule has 0 heterocycles. The summed E-state index contributed by atoms with van der Waals surface area (Å²) < 4.78 is 98.5. The van der Waals surface area contributed by atoms with Crippen molar-refractivity contribution in [2.24, 2.45) is 23.7 Å². The molecule has 0 atom stereocenters. The minimum Gasteiger partial charge on any atom is -0.412 e. The van der Waals surface area contributed by atoms with Gasteiger partial charge in [-0.2, -0.15) is 8.78 Å². The molecule has 30 heavy (non-hydrogen) atoms. The zero-order valence-corrected chi connectivity index (χ0v) is 18.2. The van der Waals surface area contributed by atoms with Gasteiger partial charge in [0.2, 0.25) is 0 Å². The van der Waals surface area contributed by atoms with Crippen molar-refractivity contribution in [2.45, 2.75) is 101 Å². The van der Waals surface area contributed by atoms with Crippen LogP contribution in [-0.2, 0) is 4.74 Å². The summed E-state index contributed by atoms with van der Waals surface area (Å²) in [4.78, 5) is 0. The van der Waals surface area contributed by atoms with Crippen LogP contribution in [0.2, 0.25) is 0 Å². The van der Waals surface area contributed by atoms with Gasteiger partial charge in [0.1, 0.15) is 0 Å². The van der Waals surface area contributed by atoms with Crippen molar-refractivity contribution in [3.05, 3.63) is 0 Å². The second-order valence-corrected chi connectivity index (χ2v) is 12.5. The Morgan fingerprint density at radius 2 is 1.13 bits per heavy atom. The maximum Gasteiger partial charge on any atom is 0.358 e. The topological polar surface area (TPSA) is 40.7 Å². The van der Waals surface area contributed by atoms with Gasteiger partial charge in [0.05, 0.1) is 17.3 Å². The zero-order valence-electron chi connectivity index (χ0n) is 17.4. The van der Waals surface area contributed by atoms with E-state index in [0.717, 1.165) is 18.8 Å². The Kier molecular flexibility index (Phi) is 7.19. The van der Waals surface area contributed by atoms with Gasteiger partial charge in [-0.25, -0.2) is 0 Å². The molecule has 0 aliphatic heterocycles. The standard InChI is InChI=1S/C20H33F7OS.H2O.2H2/c1-14-2-4-15(5-3-14)16-6-8-17(9-7-16)20(21,22)28-18-10-12-19(13-11-18)29(23,24,25,26)27;;;/h14-19H,2-13H2,1H3;1H2;2*1H. The third-order valence-electron chi connectivity index (χ3n) is 7.55. The predicted molar refractivity (Wildman–Crippen MR) is 110 cm³/mol. The first-order valence-electron chi connectivity index (χ1n) is 10.9. The SMILES string of the molecule is CC1CCC(C2CCC(C(F)(F)OC3CCC(S(F)(F)(F)(F)F)CC3)CC2)CC1.O.[HH].[HH]. The summed E-state index contributed by atoms with van der Waals surface area (Å²) in [7, 11) is -9.56. The Bertz CT molecular complexity index is 570. The number of halogens is 7. The van der Waals surface area contributed by atoms with E-state index in [9.17, 15) is 28.2 Å². The lowest BCUT2D eigenvalue weighted by Crippen LogP contribution is -2.41. The predicted octanol–water partition coefficient (Wildman–Crippen LogP) is 8.51. The molecule has 3 aliphatic carbocycles. The normalized spacial score (nSPS) is 38.8. The van der Waals surface area contributed by atoms with Gasteiger partial charge in [0.25, 0.3) is 10.2 Å². The molecular weight excluding hydrogens is 437 g/mol. The number of rotatable bonds is 5. The summed E-state index contributed by atoms with van der Waals surface area (Å²) in [6.07, 6.45) is -0.0692. The third-order valence-corrected chi connectivity index (χ3v) is 9.28. The van der Waals surface area contributed by atoms with Crippen LogP contribution in [0.5, 0.6) is 0 Å². The zero-order chi connectivity index (χ0) is 21.6. The molecule has 0 unspecified atom stereocenters. The molecule has 0 radical (unpaired) electrons. The second-order valence-electron chi connectivity index (χ2n) is 9.74. The van der Waals surface area contributed by atoms with Crippen molar-refractivity contribution < 1.29 is 41.3 Å². The summed E-state index contributed by atoms with van der Waals surface area (Å²) in [5.41, 5.74) is 0. The van der Waals surface area contributed by atoms with Crippen molar-refractivity contribution in [3.8, 4) is 0 Å². The van der Waals surface area contributed by atoms with Gasteiger partial charge in [-0.05, 0) is 82.0 Å². The minimum atomic E-state index is -9.56. The summed E-state index contributed by atoms with van der Waals surface area (Å²) in [6.45, 7) is 2.25. The van der Waals surface area contributed by atoms with E-state index in [1.807, 2.05) is 0 Å². The van der Waals surface area contributed by atoms with Crippen molar-refractivity contribution in [3.63, 3.8) is 0 Å². The monoisotopic (exact) mass is 476 g/mol. The first-order valence-corrected chi connectivity index (χ1v) is 12.9. The molecule has 3 saturated carbocycles. The maximum atomic E-state index is 14.6. The van der Waals surface area contributed by atoms with Gasteiger partial charge in [-0.3, -0.25) is 0 Å². The molecule has 3 fully saturated rings. The Morgan fingerprint density at radius 3 is 1.57 bits per heavy atom. The molecule has 10 heteroatoms. The van der Waals surface area contributed by atoms with Gasteiger partial charge in [-0.15, -0.1) is 0 Å². The van der Waals surface area contributed by atoms with Crippen LogP contribution in [0.15, 0.2) is 0 Å². The van der Waals surface area contributed by atoms with E-state index < -0.39 is 59.3 Å². The molecule has 0 amide bonds. The lowest BCUT2D eigenvalue weighted by molar-refractivity contribution is -0.301. The highest BCUT2D eigenvalue weighted by Crippen LogP contribution is 3.01. The minimum absolute atomic E-state index is 0. The highest BCUT2D eigenvalue weighted by molar-refractivity contribution is 8.46. The quantitative estimate of drug-likeness (QED) is 0.367. The summed E-state index contributed by atoms with van der Waals surface area (Å²) in [5.74, 6) is 0.899. The van der Waals surface area contributed by atoms with Crippen molar-refractivity contribution in [2.75, 3.05) is 0 Å².